The molecule has 0 heterocycles. The number of halogens is 1. The zero-order chi connectivity index (χ0) is 13.1. The maximum Gasteiger partial charge on any atom is 0.00570 e. The first-order valence-corrected chi connectivity index (χ1v) is 8.55. The van der Waals surface area contributed by atoms with Gasteiger partial charge >= 0.3 is 0 Å². The van der Waals surface area contributed by atoms with Crippen LogP contribution in [-0.2, 0) is 6.42 Å². The van der Waals surface area contributed by atoms with Crippen LogP contribution in [0.3, 0.4) is 0 Å². The summed E-state index contributed by atoms with van der Waals surface area (Å²) >= 11 is 3.54. The second-order valence-electron chi connectivity index (χ2n) is 5.41. The Morgan fingerprint density at radius 2 is 1.50 bits per heavy atom. The molecule has 0 aromatic heterocycles. The number of hydrogen-bond acceptors (Lipinski definition) is 0. The molecule has 1 aromatic carbocycles. The monoisotopic (exact) mass is 310 g/mol. The summed E-state index contributed by atoms with van der Waals surface area (Å²) in [4.78, 5) is 0. The van der Waals surface area contributed by atoms with E-state index in [1.807, 2.05) is 0 Å². The Hall–Kier alpha value is -0.300. The van der Waals surface area contributed by atoms with Crippen LogP contribution in [0.5, 0.6) is 0 Å². The molecule has 1 rings (SSSR count). The van der Waals surface area contributed by atoms with Crippen molar-refractivity contribution in [2.45, 2.75) is 58.3 Å². The molecule has 0 aliphatic rings. The number of rotatable bonds is 10. The smallest absolute Gasteiger partial charge is 0.00570 e. The lowest BCUT2D eigenvalue weighted by Gasteiger charge is -2.06. The Labute approximate surface area is 121 Å². The largest absolute Gasteiger partial charge is 0.0925 e. The molecule has 0 saturated carbocycles. The summed E-state index contributed by atoms with van der Waals surface area (Å²) in [6.07, 6.45) is 11.0. The molecule has 1 atom stereocenters. The number of alkyl halides is 1. The van der Waals surface area contributed by atoms with Gasteiger partial charge in [-0.15, -0.1) is 0 Å². The van der Waals surface area contributed by atoms with Crippen molar-refractivity contribution in [1.29, 1.82) is 0 Å². The zero-order valence-electron chi connectivity index (χ0n) is 11.7. The fraction of sp³-hybridized carbons (Fsp3) is 0.647. The molecule has 0 aliphatic heterocycles. The molecule has 0 nitrogen and oxygen atoms in total. The summed E-state index contributed by atoms with van der Waals surface area (Å²) in [5.41, 5.74) is 1.49. The van der Waals surface area contributed by atoms with Gasteiger partial charge < -0.3 is 0 Å². The number of aryl methyl sites for hydroxylation is 1. The summed E-state index contributed by atoms with van der Waals surface area (Å²) in [7, 11) is 0. The minimum atomic E-state index is 0.850. The molecule has 0 fully saturated rings. The molecular formula is C17H27Br. The van der Waals surface area contributed by atoms with Crippen LogP contribution in [0.1, 0.15) is 57.4 Å². The van der Waals surface area contributed by atoms with E-state index in [-0.39, 0.29) is 0 Å². The van der Waals surface area contributed by atoms with E-state index in [1.54, 1.807) is 0 Å². The molecule has 18 heavy (non-hydrogen) atoms. The minimum Gasteiger partial charge on any atom is -0.0925 e. The molecule has 0 saturated heterocycles. The van der Waals surface area contributed by atoms with E-state index in [0.29, 0.717) is 0 Å². The Morgan fingerprint density at radius 1 is 0.889 bits per heavy atom. The van der Waals surface area contributed by atoms with Gasteiger partial charge in [-0.1, -0.05) is 85.3 Å². The third-order valence-corrected chi connectivity index (χ3v) is 4.62. The minimum absolute atomic E-state index is 0.850. The number of benzene rings is 1. The molecule has 1 unspecified atom stereocenters. The Bertz CT molecular complexity index is 281. The average Bonchev–Trinajstić information content (AvgIpc) is 2.42. The van der Waals surface area contributed by atoms with Crippen molar-refractivity contribution in [1.82, 2.24) is 0 Å². The van der Waals surface area contributed by atoms with E-state index in [9.17, 15) is 0 Å². The van der Waals surface area contributed by atoms with Crippen LogP contribution in [0.2, 0.25) is 0 Å². The lowest BCUT2D eigenvalue weighted by Crippen LogP contribution is -1.94. The molecule has 0 radical (unpaired) electrons. The van der Waals surface area contributed by atoms with E-state index in [0.717, 1.165) is 11.2 Å². The van der Waals surface area contributed by atoms with Gasteiger partial charge in [-0.2, -0.15) is 0 Å². The van der Waals surface area contributed by atoms with Gasteiger partial charge in [0.2, 0.25) is 0 Å². The van der Waals surface area contributed by atoms with Gasteiger partial charge in [0.15, 0.2) is 0 Å². The maximum absolute atomic E-state index is 3.54. The molecule has 0 N–H and O–H groups in total. The topological polar surface area (TPSA) is 0 Å². The third-order valence-electron chi connectivity index (χ3n) is 3.52. The lowest BCUT2D eigenvalue weighted by atomic mass is 10.0. The SMILES string of the molecule is CC(CBr)CCCCCCCCc1ccccc1. The van der Waals surface area contributed by atoms with Gasteiger partial charge in [0.1, 0.15) is 0 Å². The highest BCUT2D eigenvalue weighted by Crippen LogP contribution is 2.14. The predicted molar refractivity (Wildman–Crippen MR) is 85.4 cm³/mol. The van der Waals surface area contributed by atoms with Crippen molar-refractivity contribution >= 4 is 15.9 Å². The highest BCUT2D eigenvalue weighted by Gasteiger charge is 1.99. The second-order valence-corrected chi connectivity index (χ2v) is 6.05. The van der Waals surface area contributed by atoms with Crippen molar-refractivity contribution in [3.8, 4) is 0 Å². The summed E-state index contributed by atoms with van der Waals surface area (Å²) in [6.45, 7) is 2.33. The fourth-order valence-electron chi connectivity index (χ4n) is 2.25. The Morgan fingerprint density at radius 3 is 2.17 bits per heavy atom. The van der Waals surface area contributed by atoms with Gasteiger partial charge in [-0.3, -0.25) is 0 Å². The van der Waals surface area contributed by atoms with Crippen LogP contribution >= 0.6 is 15.9 Å². The first kappa shape index (κ1) is 15.8. The highest BCUT2D eigenvalue weighted by atomic mass is 79.9. The normalized spacial score (nSPS) is 12.6. The first-order chi connectivity index (χ1) is 8.83. The van der Waals surface area contributed by atoms with Gasteiger partial charge in [-0.25, -0.2) is 0 Å². The van der Waals surface area contributed by atoms with Crippen LogP contribution in [-0.4, -0.2) is 5.33 Å². The summed E-state index contributed by atoms with van der Waals surface area (Å²) < 4.78 is 0. The van der Waals surface area contributed by atoms with E-state index in [1.165, 1.54) is 56.9 Å². The highest BCUT2D eigenvalue weighted by molar-refractivity contribution is 9.09. The lowest BCUT2D eigenvalue weighted by molar-refractivity contribution is 0.518. The van der Waals surface area contributed by atoms with E-state index >= 15 is 0 Å². The van der Waals surface area contributed by atoms with Crippen molar-refractivity contribution in [2.24, 2.45) is 5.92 Å². The van der Waals surface area contributed by atoms with Gasteiger partial charge in [0, 0.05) is 5.33 Å². The Kier molecular flexibility index (Phi) is 9.28. The van der Waals surface area contributed by atoms with Crippen molar-refractivity contribution in [3.63, 3.8) is 0 Å². The third kappa shape index (κ3) is 7.92. The van der Waals surface area contributed by atoms with Gasteiger partial charge in [0.05, 0.1) is 0 Å². The maximum atomic E-state index is 3.54. The quantitative estimate of drug-likeness (QED) is 0.368. The fourth-order valence-corrected chi connectivity index (χ4v) is 2.57. The molecule has 102 valence electrons. The van der Waals surface area contributed by atoms with Crippen LogP contribution in [0.4, 0.5) is 0 Å². The van der Waals surface area contributed by atoms with Crippen LogP contribution < -0.4 is 0 Å². The molecular weight excluding hydrogens is 284 g/mol. The molecule has 1 aromatic rings. The van der Waals surface area contributed by atoms with E-state index in [4.69, 9.17) is 0 Å². The van der Waals surface area contributed by atoms with Gasteiger partial charge in [-0.05, 0) is 30.7 Å². The van der Waals surface area contributed by atoms with E-state index in [2.05, 4.69) is 53.2 Å². The molecule has 0 bridgehead atoms. The molecule has 0 amide bonds. The molecule has 0 aliphatic carbocycles. The first-order valence-electron chi connectivity index (χ1n) is 7.43. The van der Waals surface area contributed by atoms with Crippen molar-refractivity contribution in [2.75, 3.05) is 5.33 Å². The molecule has 1 heteroatoms. The standard InChI is InChI=1S/C17H27Br/c1-16(15-18)11-7-4-2-3-5-8-12-17-13-9-6-10-14-17/h6,9-10,13-14,16H,2-5,7-8,11-12,15H2,1H3. The van der Waals surface area contributed by atoms with Crippen molar-refractivity contribution in [3.05, 3.63) is 35.9 Å². The average molecular weight is 311 g/mol. The summed E-state index contributed by atoms with van der Waals surface area (Å²) in [5, 5.41) is 1.16. The Balaban J connectivity index is 1.87. The van der Waals surface area contributed by atoms with Crippen LogP contribution in [0.25, 0.3) is 0 Å². The second kappa shape index (κ2) is 10.6. The number of unbranched alkanes of at least 4 members (excludes halogenated alkanes) is 5. The van der Waals surface area contributed by atoms with Crippen LogP contribution in [0.15, 0.2) is 30.3 Å². The predicted octanol–water partition coefficient (Wildman–Crippen LogP) is 5.99. The summed E-state index contributed by atoms with van der Waals surface area (Å²) in [6, 6.07) is 10.8. The zero-order valence-corrected chi connectivity index (χ0v) is 13.3. The van der Waals surface area contributed by atoms with Gasteiger partial charge in [0.25, 0.3) is 0 Å². The molecule has 0 spiro atoms. The number of hydrogen-bond donors (Lipinski definition) is 0. The van der Waals surface area contributed by atoms with Crippen molar-refractivity contribution < 1.29 is 0 Å². The summed E-state index contributed by atoms with van der Waals surface area (Å²) in [5.74, 6) is 0.850. The van der Waals surface area contributed by atoms with Crippen LogP contribution in [0, 0.1) is 5.92 Å². The van der Waals surface area contributed by atoms with E-state index < -0.39 is 0 Å².